The molecular formula is C15H24N2OS. The van der Waals surface area contributed by atoms with E-state index >= 15 is 0 Å². The van der Waals surface area contributed by atoms with E-state index in [-0.39, 0.29) is 5.60 Å². The van der Waals surface area contributed by atoms with Crippen LogP contribution in [-0.2, 0) is 11.3 Å². The quantitative estimate of drug-likeness (QED) is 0.921. The molecule has 4 heteroatoms. The number of hydrogen-bond donors (Lipinski definition) is 1. The van der Waals surface area contributed by atoms with Crippen molar-refractivity contribution in [2.75, 3.05) is 6.61 Å². The summed E-state index contributed by atoms with van der Waals surface area (Å²) in [5.41, 5.74) is 1.34. The molecule has 0 bridgehead atoms. The van der Waals surface area contributed by atoms with Crippen LogP contribution in [0.1, 0.15) is 55.6 Å². The molecule has 0 aromatic carbocycles. The summed E-state index contributed by atoms with van der Waals surface area (Å²) < 4.78 is 6.14. The number of aryl methyl sites for hydroxylation is 1. The largest absolute Gasteiger partial charge is 0.375 e. The Morgan fingerprint density at radius 2 is 2.26 bits per heavy atom. The lowest BCUT2D eigenvalue weighted by molar-refractivity contribution is -0.109. The van der Waals surface area contributed by atoms with Gasteiger partial charge in [0.2, 0.25) is 0 Å². The second-order valence-corrected chi connectivity index (χ2v) is 6.99. The summed E-state index contributed by atoms with van der Waals surface area (Å²) in [7, 11) is 0. The normalized spacial score (nSPS) is 26.7. The predicted octanol–water partition coefficient (Wildman–Crippen LogP) is 3.42. The molecule has 0 amide bonds. The molecule has 2 aliphatic rings. The molecule has 0 radical (unpaired) electrons. The van der Waals surface area contributed by atoms with E-state index in [1.54, 1.807) is 11.3 Å². The van der Waals surface area contributed by atoms with Gasteiger partial charge in [-0.3, -0.25) is 0 Å². The highest BCUT2D eigenvalue weighted by Crippen LogP contribution is 2.38. The van der Waals surface area contributed by atoms with Gasteiger partial charge in [-0.05, 0) is 32.6 Å². The van der Waals surface area contributed by atoms with Crippen molar-refractivity contribution in [2.24, 2.45) is 0 Å². The maximum absolute atomic E-state index is 6.14. The van der Waals surface area contributed by atoms with E-state index in [1.807, 2.05) is 0 Å². The van der Waals surface area contributed by atoms with Crippen molar-refractivity contribution in [3.63, 3.8) is 0 Å². The van der Waals surface area contributed by atoms with Crippen LogP contribution >= 0.6 is 11.3 Å². The minimum absolute atomic E-state index is 0.201. The molecule has 1 spiro atoms. The van der Waals surface area contributed by atoms with Gasteiger partial charge in [0.05, 0.1) is 5.60 Å². The number of nitrogens with zero attached hydrogens (tertiary/aromatic N) is 1. The van der Waals surface area contributed by atoms with E-state index < -0.39 is 0 Å². The molecule has 1 aliphatic heterocycles. The van der Waals surface area contributed by atoms with Gasteiger partial charge in [0.1, 0.15) is 5.01 Å². The van der Waals surface area contributed by atoms with Crippen LogP contribution < -0.4 is 5.32 Å². The number of nitrogens with one attached hydrogen (secondary N) is 1. The second kappa shape index (κ2) is 5.90. The Morgan fingerprint density at radius 3 is 3.00 bits per heavy atom. The number of ether oxygens (including phenoxy) is 1. The Bertz CT molecular complexity index is 407. The standard InChI is InChI=1S/C15H24N2OS/c1-12-11-19-14(17-12)10-16-13-5-8-18-15(9-13)6-3-2-4-7-15/h11,13,16H,2-10H2,1H3. The third-order valence-electron chi connectivity index (χ3n) is 4.47. The first-order chi connectivity index (χ1) is 9.26. The van der Waals surface area contributed by atoms with E-state index in [1.165, 1.54) is 43.5 Å². The molecule has 1 saturated heterocycles. The van der Waals surface area contributed by atoms with Crippen LogP contribution in [0.15, 0.2) is 5.38 Å². The molecule has 1 saturated carbocycles. The van der Waals surface area contributed by atoms with Crippen molar-refractivity contribution in [3.8, 4) is 0 Å². The average molecular weight is 280 g/mol. The molecule has 1 aromatic rings. The van der Waals surface area contributed by atoms with Gasteiger partial charge in [-0.2, -0.15) is 0 Å². The van der Waals surface area contributed by atoms with Gasteiger partial charge in [-0.25, -0.2) is 4.98 Å². The SMILES string of the molecule is Cc1csc(CNC2CCOC3(CCCCC3)C2)n1. The van der Waals surface area contributed by atoms with Crippen LogP contribution in [0.3, 0.4) is 0 Å². The van der Waals surface area contributed by atoms with Gasteiger partial charge in [0.15, 0.2) is 0 Å². The van der Waals surface area contributed by atoms with Gasteiger partial charge in [-0.15, -0.1) is 11.3 Å². The first-order valence-corrected chi connectivity index (χ1v) is 8.42. The lowest BCUT2D eigenvalue weighted by Crippen LogP contribution is -2.47. The smallest absolute Gasteiger partial charge is 0.107 e. The summed E-state index contributed by atoms with van der Waals surface area (Å²) >= 11 is 1.76. The van der Waals surface area contributed by atoms with Crippen molar-refractivity contribution in [3.05, 3.63) is 16.1 Å². The van der Waals surface area contributed by atoms with Crippen LogP contribution in [0.4, 0.5) is 0 Å². The highest BCUT2D eigenvalue weighted by atomic mass is 32.1. The third kappa shape index (κ3) is 3.36. The molecule has 19 heavy (non-hydrogen) atoms. The lowest BCUT2D eigenvalue weighted by Gasteiger charge is -2.43. The van der Waals surface area contributed by atoms with Crippen molar-refractivity contribution < 1.29 is 4.74 Å². The molecule has 1 aromatic heterocycles. The Balaban J connectivity index is 1.53. The fraction of sp³-hybridized carbons (Fsp3) is 0.800. The maximum Gasteiger partial charge on any atom is 0.107 e. The second-order valence-electron chi connectivity index (χ2n) is 6.05. The van der Waals surface area contributed by atoms with Crippen molar-refractivity contribution in [1.82, 2.24) is 10.3 Å². The molecule has 1 unspecified atom stereocenters. The minimum atomic E-state index is 0.201. The first-order valence-electron chi connectivity index (χ1n) is 7.54. The fourth-order valence-electron chi connectivity index (χ4n) is 3.46. The topological polar surface area (TPSA) is 34.1 Å². The Kier molecular flexibility index (Phi) is 4.20. The Hall–Kier alpha value is -0.450. The van der Waals surface area contributed by atoms with Gasteiger partial charge in [0.25, 0.3) is 0 Å². The molecule has 3 nitrogen and oxygen atoms in total. The van der Waals surface area contributed by atoms with Crippen molar-refractivity contribution >= 4 is 11.3 Å². The van der Waals surface area contributed by atoms with E-state index in [9.17, 15) is 0 Å². The van der Waals surface area contributed by atoms with Crippen LogP contribution in [0.5, 0.6) is 0 Å². The highest BCUT2D eigenvalue weighted by molar-refractivity contribution is 7.09. The monoisotopic (exact) mass is 280 g/mol. The maximum atomic E-state index is 6.14. The Morgan fingerprint density at radius 1 is 1.42 bits per heavy atom. The van der Waals surface area contributed by atoms with Crippen molar-refractivity contribution in [2.45, 2.75) is 70.1 Å². The summed E-state index contributed by atoms with van der Waals surface area (Å²) in [5.74, 6) is 0. The number of hydrogen-bond acceptors (Lipinski definition) is 4. The molecule has 106 valence electrons. The van der Waals surface area contributed by atoms with E-state index in [4.69, 9.17) is 4.74 Å². The summed E-state index contributed by atoms with van der Waals surface area (Å²) in [6.07, 6.45) is 8.95. The van der Waals surface area contributed by atoms with E-state index in [0.29, 0.717) is 6.04 Å². The predicted molar refractivity (Wildman–Crippen MR) is 78.5 cm³/mol. The van der Waals surface area contributed by atoms with Crippen molar-refractivity contribution in [1.29, 1.82) is 0 Å². The molecule has 3 rings (SSSR count). The summed E-state index contributed by atoms with van der Waals surface area (Å²) in [6, 6.07) is 0.607. The fourth-order valence-corrected chi connectivity index (χ4v) is 4.18. The summed E-state index contributed by atoms with van der Waals surface area (Å²) in [6.45, 7) is 3.90. The van der Waals surface area contributed by atoms with Gasteiger partial charge in [-0.1, -0.05) is 19.3 Å². The zero-order valence-corrected chi connectivity index (χ0v) is 12.6. The first kappa shape index (κ1) is 13.5. The van der Waals surface area contributed by atoms with Gasteiger partial charge < -0.3 is 10.1 Å². The van der Waals surface area contributed by atoms with E-state index in [0.717, 1.165) is 25.3 Å². The summed E-state index contributed by atoms with van der Waals surface area (Å²) in [4.78, 5) is 4.52. The number of aromatic nitrogens is 1. The molecule has 1 aliphatic carbocycles. The molecule has 2 fully saturated rings. The van der Waals surface area contributed by atoms with Crippen LogP contribution in [0.25, 0.3) is 0 Å². The third-order valence-corrected chi connectivity index (χ3v) is 5.43. The molecule has 2 heterocycles. The zero-order chi connectivity index (χ0) is 13.1. The van der Waals surface area contributed by atoms with Gasteiger partial charge in [0, 0.05) is 30.3 Å². The van der Waals surface area contributed by atoms with Crippen LogP contribution in [-0.4, -0.2) is 23.2 Å². The highest BCUT2D eigenvalue weighted by Gasteiger charge is 2.38. The molecule has 1 N–H and O–H groups in total. The molecular weight excluding hydrogens is 256 g/mol. The number of thiazole rings is 1. The molecule has 1 atom stereocenters. The number of rotatable bonds is 3. The van der Waals surface area contributed by atoms with Crippen LogP contribution in [0.2, 0.25) is 0 Å². The lowest BCUT2D eigenvalue weighted by atomic mass is 9.78. The average Bonchev–Trinajstić information content (AvgIpc) is 2.83. The van der Waals surface area contributed by atoms with Crippen LogP contribution in [0, 0.1) is 6.92 Å². The zero-order valence-electron chi connectivity index (χ0n) is 11.8. The minimum Gasteiger partial charge on any atom is -0.375 e. The van der Waals surface area contributed by atoms with Gasteiger partial charge >= 0.3 is 0 Å². The van der Waals surface area contributed by atoms with E-state index in [2.05, 4.69) is 22.6 Å². The Labute approximate surface area is 119 Å². The summed E-state index contributed by atoms with van der Waals surface area (Å²) in [5, 5.41) is 7.03.